The number of imidazole rings is 1. The van der Waals surface area contributed by atoms with E-state index in [1.54, 1.807) is 12.7 Å². The maximum absolute atomic E-state index is 11.0. The molecule has 2 aromatic carbocycles. The number of fused-ring (bicyclic) bond motifs is 1. The van der Waals surface area contributed by atoms with Crippen molar-refractivity contribution in [2.45, 2.75) is 18.7 Å². The van der Waals surface area contributed by atoms with E-state index in [-0.39, 0.29) is 6.04 Å². The molecule has 1 aliphatic heterocycles. The van der Waals surface area contributed by atoms with Gasteiger partial charge in [0.05, 0.1) is 25.0 Å². The molecule has 0 saturated carbocycles. The second-order valence-electron chi connectivity index (χ2n) is 9.85. The maximum atomic E-state index is 11.0. The van der Waals surface area contributed by atoms with Crippen LogP contribution in [0.25, 0.3) is 17.0 Å². The SMILES string of the molecule is OC(CN1CCN(C(c2ccc(Cl)cc2)c2ccc(Cl)cc2)CC1)Cn1cnc2c(-n3cccc3)ncnc21. The van der Waals surface area contributed by atoms with Gasteiger partial charge in [0.25, 0.3) is 0 Å². The molecule has 1 fully saturated rings. The fourth-order valence-corrected chi connectivity index (χ4v) is 5.61. The van der Waals surface area contributed by atoms with E-state index in [9.17, 15) is 5.11 Å². The molecule has 4 heterocycles. The molecule has 1 saturated heterocycles. The minimum atomic E-state index is -0.553. The van der Waals surface area contributed by atoms with Crippen LogP contribution in [0.5, 0.6) is 0 Å². The molecule has 1 atom stereocenters. The topological polar surface area (TPSA) is 75.2 Å². The summed E-state index contributed by atoms with van der Waals surface area (Å²) in [6.07, 6.45) is 6.58. The fraction of sp³-hybridized carbons (Fsp3) is 0.276. The molecule has 1 N–H and O–H groups in total. The number of nitrogens with zero attached hydrogens (tertiary/aromatic N) is 7. The molecule has 5 aromatic rings. The Balaban J connectivity index is 1.11. The maximum Gasteiger partial charge on any atom is 0.168 e. The Hall–Kier alpha value is -3.27. The van der Waals surface area contributed by atoms with Gasteiger partial charge in [-0.1, -0.05) is 47.5 Å². The van der Waals surface area contributed by atoms with Crippen LogP contribution in [0.3, 0.4) is 0 Å². The fourth-order valence-electron chi connectivity index (χ4n) is 5.36. The quantitative estimate of drug-likeness (QED) is 0.296. The summed E-state index contributed by atoms with van der Waals surface area (Å²) < 4.78 is 3.82. The third-order valence-corrected chi connectivity index (χ3v) is 7.75. The van der Waals surface area contributed by atoms with Crippen molar-refractivity contribution in [3.05, 3.63) is 107 Å². The summed E-state index contributed by atoms with van der Waals surface area (Å²) in [6.45, 7) is 4.47. The van der Waals surface area contributed by atoms with Crippen LogP contribution in [0, 0.1) is 0 Å². The number of hydrogen-bond acceptors (Lipinski definition) is 6. The first kappa shape index (κ1) is 26.0. The number of halogens is 2. The molecule has 0 aliphatic carbocycles. The largest absolute Gasteiger partial charge is 0.390 e. The van der Waals surface area contributed by atoms with Crippen molar-refractivity contribution < 1.29 is 5.11 Å². The van der Waals surface area contributed by atoms with E-state index >= 15 is 0 Å². The van der Waals surface area contributed by atoms with E-state index in [1.165, 1.54) is 11.1 Å². The van der Waals surface area contributed by atoms with E-state index in [2.05, 4.69) is 49.0 Å². The Kier molecular flexibility index (Phi) is 7.63. The number of piperazine rings is 1. The van der Waals surface area contributed by atoms with Gasteiger partial charge in [-0.05, 0) is 47.5 Å². The first-order chi connectivity index (χ1) is 19.0. The van der Waals surface area contributed by atoms with Gasteiger partial charge in [0.15, 0.2) is 17.0 Å². The molecule has 0 spiro atoms. The Morgan fingerprint density at radius 2 is 1.38 bits per heavy atom. The molecule has 0 amide bonds. The third kappa shape index (κ3) is 5.71. The average molecular weight is 563 g/mol. The highest BCUT2D eigenvalue weighted by atomic mass is 35.5. The lowest BCUT2D eigenvalue weighted by atomic mass is 9.96. The van der Waals surface area contributed by atoms with E-state index in [0.717, 1.165) is 42.0 Å². The van der Waals surface area contributed by atoms with Crippen molar-refractivity contribution in [2.75, 3.05) is 32.7 Å². The van der Waals surface area contributed by atoms with E-state index < -0.39 is 6.10 Å². The first-order valence-corrected chi connectivity index (χ1v) is 13.8. The molecule has 1 unspecified atom stereocenters. The number of β-amino-alcohol motifs (C(OH)–C–C–N with tert-alkyl or cyclic N) is 1. The molecule has 3 aromatic heterocycles. The van der Waals surface area contributed by atoms with Crippen LogP contribution < -0.4 is 0 Å². The van der Waals surface area contributed by atoms with Crippen molar-refractivity contribution in [2.24, 2.45) is 0 Å². The van der Waals surface area contributed by atoms with Gasteiger partial charge in [-0.2, -0.15) is 0 Å². The lowest BCUT2D eigenvalue weighted by Crippen LogP contribution is -2.50. The first-order valence-electron chi connectivity index (χ1n) is 13.0. The molecule has 6 rings (SSSR count). The molecule has 10 heteroatoms. The minimum Gasteiger partial charge on any atom is -0.390 e. The van der Waals surface area contributed by atoms with Crippen molar-refractivity contribution in [1.82, 2.24) is 33.9 Å². The van der Waals surface area contributed by atoms with Crippen LogP contribution >= 0.6 is 23.2 Å². The molecular weight excluding hydrogens is 533 g/mol. The summed E-state index contributed by atoms with van der Waals surface area (Å²) >= 11 is 12.4. The Bertz CT molecular complexity index is 1470. The number of aliphatic hydroxyl groups is 1. The number of benzene rings is 2. The summed E-state index contributed by atoms with van der Waals surface area (Å²) in [6, 6.07) is 20.2. The van der Waals surface area contributed by atoms with Crippen molar-refractivity contribution >= 4 is 34.4 Å². The van der Waals surface area contributed by atoms with Gasteiger partial charge in [0, 0.05) is 55.2 Å². The lowest BCUT2D eigenvalue weighted by molar-refractivity contribution is 0.0560. The lowest BCUT2D eigenvalue weighted by Gasteiger charge is -2.40. The molecule has 1 aliphatic rings. The smallest absolute Gasteiger partial charge is 0.168 e. The highest BCUT2D eigenvalue weighted by Crippen LogP contribution is 2.31. The summed E-state index contributed by atoms with van der Waals surface area (Å²) in [5.41, 5.74) is 3.82. The highest BCUT2D eigenvalue weighted by Gasteiger charge is 2.27. The molecule has 0 bridgehead atoms. The van der Waals surface area contributed by atoms with Crippen LogP contribution in [0.15, 0.2) is 85.7 Å². The molecule has 8 nitrogen and oxygen atoms in total. The van der Waals surface area contributed by atoms with E-state index in [4.69, 9.17) is 23.2 Å². The van der Waals surface area contributed by atoms with Crippen LogP contribution in [0.4, 0.5) is 0 Å². The standard InChI is InChI=1S/C29H29Cl2N7O/c30-23-7-3-21(4-8-23)27(22-5-9-24(31)10-6-22)36-15-13-35(14-16-36)17-25(39)18-38-20-34-26-28(32-19-33-29(26)38)37-11-1-2-12-37/h1-12,19-20,25,27,39H,13-18H2. The molecule has 39 heavy (non-hydrogen) atoms. The summed E-state index contributed by atoms with van der Waals surface area (Å²) in [5, 5.41) is 12.4. The third-order valence-electron chi connectivity index (χ3n) is 7.25. The number of rotatable bonds is 8. The van der Waals surface area contributed by atoms with Gasteiger partial charge in [-0.3, -0.25) is 9.80 Å². The zero-order valence-electron chi connectivity index (χ0n) is 21.3. The van der Waals surface area contributed by atoms with Gasteiger partial charge < -0.3 is 14.2 Å². The normalized spacial score (nSPS) is 15.8. The van der Waals surface area contributed by atoms with Gasteiger partial charge in [0.1, 0.15) is 6.33 Å². The Morgan fingerprint density at radius 3 is 2.00 bits per heavy atom. The highest BCUT2D eigenvalue weighted by molar-refractivity contribution is 6.30. The van der Waals surface area contributed by atoms with Crippen molar-refractivity contribution in [3.8, 4) is 5.82 Å². The number of hydrogen-bond donors (Lipinski definition) is 1. The predicted octanol–water partition coefficient (Wildman–Crippen LogP) is 4.69. The van der Waals surface area contributed by atoms with Gasteiger partial charge in [0.2, 0.25) is 0 Å². The molecule has 200 valence electrons. The van der Waals surface area contributed by atoms with Crippen molar-refractivity contribution in [3.63, 3.8) is 0 Å². The van der Waals surface area contributed by atoms with E-state index in [0.29, 0.717) is 24.3 Å². The average Bonchev–Trinajstić information content (AvgIpc) is 3.63. The molecule has 0 radical (unpaired) electrons. The predicted molar refractivity (Wildman–Crippen MR) is 153 cm³/mol. The van der Waals surface area contributed by atoms with Gasteiger partial charge in [-0.25, -0.2) is 15.0 Å². The summed E-state index contributed by atoms with van der Waals surface area (Å²) in [7, 11) is 0. The zero-order valence-corrected chi connectivity index (χ0v) is 22.8. The van der Waals surface area contributed by atoms with Crippen LogP contribution in [0.1, 0.15) is 17.2 Å². The zero-order chi connectivity index (χ0) is 26.8. The van der Waals surface area contributed by atoms with Crippen LogP contribution in [-0.4, -0.2) is 77.8 Å². The summed E-state index contributed by atoms with van der Waals surface area (Å²) in [5.74, 6) is 0.727. The van der Waals surface area contributed by atoms with E-state index in [1.807, 2.05) is 57.9 Å². The minimum absolute atomic E-state index is 0.109. The second-order valence-corrected chi connectivity index (χ2v) is 10.7. The number of aliphatic hydroxyl groups excluding tert-OH is 1. The van der Waals surface area contributed by atoms with Crippen molar-refractivity contribution in [1.29, 1.82) is 0 Å². The van der Waals surface area contributed by atoms with Crippen LogP contribution in [0.2, 0.25) is 10.0 Å². The number of aromatic nitrogens is 5. The summed E-state index contributed by atoms with van der Waals surface area (Å²) in [4.78, 5) is 18.2. The Labute approximate surface area is 237 Å². The molecular formula is C29H29Cl2N7O. The second kappa shape index (κ2) is 11.5. The monoisotopic (exact) mass is 561 g/mol. The van der Waals surface area contributed by atoms with Gasteiger partial charge >= 0.3 is 0 Å². The van der Waals surface area contributed by atoms with Gasteiger partial charge in [-0.15, -0.1) is 0 Å². The Morgan fingerprint density at radius 1 is 0.769 bits per heavy atom. The van der Waals surface area contributed by atoms with Crippen LogP contribution in [-0.2, 0) is 6.54 Å².